The van der Waals surface area contributed by atoms with Crippen molar-refractivity contribution in [1.29, 1.82) is 0 Å². The number of anilines is 1. The molecule has 1 aromatic heterocycles. The summed E-state index contributed by atoms with van der Waals surface area (Å²) >= 11 is 0. The molecule has 1 aliphatic carbocycles. The Kier molecular flexibility index (Phi) is 5.62. The lowest BCUT2D eigenvalue weighted by molar-refractivity contribution is -0.0534. The molecule has 1 saturated carbocycles. The van der Waals surface area contributed by atoms with Crippen LogP contribution in [-0.4, -0.2) is 49.0 Å². The average molecular weight is 416 g/mol. The van der Waals surface area contributed by atoms with Crippen molar-refractivity contribution in [1.82, 2.24) is 9.88 Å². The number of benzene rings is 2. The van der Waals surface area contributed by atoms with Gasteiger partial charge in [-0.05, 0) is 43.5 Å². The molecule has 0 radical (unpaired) electrons. The van der Waals surface area contributed by atoms with Gasteiger partial charge in [0, 0.05) is 42.2 Å². The maximum atomic E-state index is 5.83. The topological polar surface area (TPSA) is 37.8 Å². The molecule has 0 spiro atoms. The van der Waals surface area contributed by atoms with Crippen LogP contribution in [0.1, 0.15) is 18.4 Å². The van der Waals surface area contributed by atoms with Gasteiger partial charge in [-0.2, -0.15) is 0 Å². The molecule has 5 rings (SSSR count). The lowest BCUT2D eigenvalue weighted by Gasteiger charge is -2.41. The summed E-state index contributed by atoms with van der Waals surface area (Å²) in [7, 11) is 1.71. The molecule has 31 heavy (non-hydrogen) atoms. The van der Waals surface area contributed by atoms with Crippen molar-refractivity contribution in [3.8, 4) is 11.3 Å². The van der Waals surface area contributed by atoms with Crippen molar-refractivity contribution in [3.63, 3.8) is 0 Å². The van der Waals surface area contributed by atoms with Gasteiger partial charge in [0.1, 0.15) is 0 Å². The number of ether oxygens (including phenoxy) is 2. The third kappa shape index (κ3) is 4.16. The lowest BCUT2D eigenvalue weighted by Crippen LogP contribution is -2.47. The molecule has 0 saturated heterocycles. The second kappa shape index (κ2) is 8.69. The third-order valence-corrected chi connectivity index (χ3v) is 6.34. The Bertz CT molecular complexity index is 1080. The van der Waals surface area contributed by atoms with E-state index in [2.05, 4.69) is 77.7 Å². The van der Waals surface area contributed by atoms with Gasteiger partial charge in [0.25, 0.3) is 0 Å². The second-order valence-electron chi connectivity index (χ2n) is 8.43. The average Bonchev–Trinajstić information content (AvgIpc) is 3.25. The fourth-order valence-electron chi connectivity index (χ4n) is 4.41. The van der Waals surface area contributed by atoms with Crippen molar-refractivity contribution in [2.75, 3.05) is 31.9 Å². The summed E-state index contributed by atoms with van der Waals surface area (Å²) in [6, 6.07) is 19.7. The summed E-state index contributed by atoms with van der Waals surface area (Å²) in [6.45, 7) is 4.39. The number of aromatic nitrogens is 1. The smallest absolute Gasteiger partial charge is 0.0944 e. The largest absolute Gasteiger partial charge is 0.382 e. The van der Waals surface area contributed by atoms with Crippen LogP contribution >= 0.6 is 0 Å². The molecule has 160 valence electrons. The molecule has 0 bridgehead atoms. The highest BCUT2D eigenvalue weighted by molar-refractivity contribution is 5.88. The molecule has 2 aromatic carbocycles. The quantitative estimate of drug-likeness (QED) is 0.510. The van der Waals surface area contributed by atoms with E-state index in [9.17, 15) is 0 Å². The van der Waals surface area contributed by atoms with Gasteiger partial charge < -0.3 is 19.3 Å². The van der Waals surface area contributed by atoms with Gasteiger partial charge in [0.2, 0.25) is 0 Å². The molecule has 0 atom stereocenters. The molecule has 0 N–H and O–H groups in total. The molecule has 5 heteroatoms. The van der Waals surface area contributed by atoms with Gasteiger partial charge in [0.15, 0.2) is 0 Å². The number of hydrogen-bond donors (Lipinski definition) is 0. The number of rotatable bonds is 7. The van der Waals surface area contributed by atoms with Crippen LogP contribution in [0.15, 0.2) is 67.0 Å². The first-order chi connectivity index (χ1) is 15.2. The van der Waals surface area contributed by atoms with E-state index in [0.29, 0.717) is 25.4 Å². The molecule has 5 nitrogen and oxygen atoms in total. The SMILES string of the molecule is COCCOC1CC(N2C=CN(c3ccc4c(C)cc(-c5ccccc5)nc4c3)C2)C1. The number of aryl methyl sites for hydroxylation is 1. The first kappa shape index (κ1) is 20.0. The van der Waals surface area contributed by atoms with Gasteiger partial charge in [-0.3, -0.25) is 0 Å². The monoisotopic (exact) mass is 415 g/mol. The Morgan fingerprint density at radius 3 is 2.65 bits per heavy atom. The standard InChI is InChI=1S/C26H29N3O2/c1-19-14-25(20-6-4-3-5-7-20)27-26-17-21(8-9-24(19)26)28-10-11-29(18-28)22-15-23(16-22)31-13-12-30-2/h3-11,14,17,22-23H,12-13,15-16,18H2,1-2H3. The van der Waals surface area contributed by atoms with Crippen molar-refractivity contribution >= 4 is 16.6 Å². The molecule has 3 aromatic rings. The van der Waals surface area contributed by atoms with E-state index in [4.69, 9.17) is 14.5 Å². The van der Waals surface area contributed by atoms with E-state index in [1.165, 1.54) is 16.6 Å². The predicted octanol–water partition coefficient (Wildman–Crippen LogP) is 4.95. The first-order valence-corrected chi connectivity index (χ1v) is 11.0. The highest BCUT2D eigenvalue weighted by Gasteiger charge is 2.35. The van der Waals surface area contributed by atoms with Crippen LogP contribution in [-0.2, 0) is 9.47 Å². The van der Waals surface area contributed by atoms with Crippen molar-refractivity contribution < 1.29 is 9.47 Å². The number of fused-ring (bicyclic) bond motifs is 1. The summed E-state index contributed by atoms with van der Waals surface area (Å²) in [5, 5.41) is 1.21. The number of methoxy groups -OCH3 is 1. The summed E-state index contributed by atoms with van der Waals surface area (Å²) in [5.74, 6) is 0. The Hall–Kier alpha value is -2.89. The van der Waals surface area contributed by atoms with Crippen molar-refractivity contribution in [2.45, 2.75) is 31.9 Å². The number of pyridine rings is 1. The summed E-state index contributed by atoms with van der Waals surface area (Å²) < 4.78 is 10.9. The van der Waals surface area contributed by atoms with Crippen molar-refractivity contribution in [2.24, 2.45) is 0 Å². The molecule has 1 aliphatic heterocycles. The van der Waals surface area contributed by atoms with E-state index >= 15 is 0 Å². The summed E-state index contributed by atoms with van der Waals surface area (Å²) in [4.78, 5) is 9.69. The summed E-state index contributed by atoms with van der Waals surface area (Å²) in [6.07, 6.45) is 6.92. The summed E-state index contributed by atoms with van der Waals surface area (Å²) in [5.41, 5.74) is 5.64. The van der Waals surface area contributed by atoms with Crippen LogP contribution in [0.25, 0.3) is 22.2 Å². The van der Waals surface area contributed by atoms with Gasteiger partial charge >= 0.3 is 0 Å². The fourth-order valence-corrected chi connectivity index (χ4v) is 4.41. The van der Waals surface area contributed by atoms with Crippen LogP contribution < -0.4 is 4.90 Å². The lowest BCUT2D eigenvalue weighted by atomic mass is 9.88. The Balaban J connectivity index is 1.28. The zero-order valence-electron chi connectivity index (χ0n) is 18.2. The maximum absolute atomic E-state index is 5.83. The molecule has 2 aliphatic rings. The Labute approximate surface area is 183 Å². The molecule has 1 fully saturated rings. The van der Waals surface area contributed by atoms with E-state index < -0.39 is 0 Å². The predicted molar refractivity (Wildman–Crippen MR) is 125 cm³/mol. The maximum Gasteiger partial charge on any atom is 0.0944 e. The van der Waals surface area contributed by atoms with E-state index in [1.807, 2.05) is 6.07 Å². The van der Waals surface area contributed by atoms with E-state index in [0.717, 1.165) is 36.3 Å². The zero-order valence-corrected chi connectivity index (χ0v) is 18.2. The fraction of sp³-hybridized carbons (Fsp3) is 0.346. The minimum absolute atomic E-state index is 0.367. The van der Waals surface area contributed by atoms with Crippen LogP contribution in [0.2, 0.25) is 0 Å². The second-order valence-corrected chi connectivity index (χ2v) is 8.43. The zero-order chi connectivity index (χ0) is 21.2. The van der Waals surface area contributed by atoms with Crippen molar-refractivity contribution in [3.05, 3.63) is 72.6 Å². The molecular formula is C26H29N3O2. The van der Waals surface area contributed by atoms with Crippen LogP contribution in [0, 0.1) is 6.92 Å². The number of hydrogen-bond acceptors (Lipinski definition) is 5. The minimum Gasteiger partial charge on any atom is -0.382 e. The van der Waals surface area contributed by atoms with Gasteiger partial charge in [-0.1, -0.05) is 36.4 Å². The van der Waals surface area contributed by atoms with E-state index in [-0.39, 0.29) is 0 Å². The van der Waals surface area contributed by atoms with E-state index in [1.54, 1.807) is 7.11 Å². The van der Waals surface area contributed by atoms with Gasteiger partial charge in [-0.25, -0.2) is 4.98 Å². The van der Waals surface area contributed by atoms with Crippen LogP contribution in [0.5, 0.6) is 0 Å². The Morgan fingerprint density at radius 2 is 1.84 bits per heavy atom. The minimum atomic E-state index is 0.367. The Morgan fingerprint density at radius 1 is 1.00 bits per heavy atom. The van der Waals surface area contributed by atoms with Crippen LogP contribution in [0.4, 0.5) is 5.69 Å². The highest BCUT2D eigenvalue weighted by atomic mass is 16.5. The van der Waals surface area contributed by atoms with Gasteiger partial charge in [-0.15, -0.1) is 0 Å². The normalized spacial score (nSPS) is 20.5. The third-order valence-electron chi connectivity index (χ3n) is 6.34. The van der Waals surface area contributed by atoms with Crippen LogP contribution in [0.3, 0.4) is 0 Å². The highest BCUT2D eigenvalue weighted by Crippen LogP contribution is 2.33. The molecule has 0 amide bonds. The van der Waals surface area contributed by atoms with Gasteiger partial charge in [0.05, 0.1) is 37.2 Å². The molecule has 0 unspecified atom stereocenters. The molecular weight excluding hydrogens is 386 g/mol. The number of nitrogens with zero attached hydrogens (tertiary/aromatic N) is 3. The first-order valence-electron chi connectivity index (χ1n) is 11.0. The molecule has 2 heterocycles.